The number of alkyl halides is 3. The molecule has 8 heteroatoms. The molecule has 1 amide bonds. The predicted molar refractivity (Wildman–Crippen MR) is 59.6 cm³/mol. The number of aromatic nitrogens is 3. The molecule has 2 aromatic heterocycles. The van der Waals surface area contributed by atoms with Gasteiger partial charge in [-0.15, -0.1) is 0 Å². The van der Waals surface area contributed by atoms with Crippen molar-refractivity contribution in [1.29, 1.82) is 0 Å². The third-order valence-electron chi connectivity index (χ3n) is 2.52. The van der Waals surface area contributed by atoms with Crippen molar-refractivity contribution in [3.8, 4) is 5.69 Å². The molecule has 0 saturated carbocycles. The fraction of sp³-hybridized carbons (Fsp3) is 0.182. The summed E-state index contributed by atoms with van der Waals surface area (Å²) in [6.07, 6.45) is -1.18. The number of carbonyl (C=O) groups is 1. The number of rotatable bonds is 2. The van der Waals surface area contributed by atoms with Crippen LogP contribution in [0.2, 0.25) is 0 Å². The van der Waals surface area contributed by atoms with Crippen LogP contribution in [0.5, 0.6) is 0 Å². The van der Waals surface area contributed by atoms with Gasteiger partial charge in [0.15, 0.2) is 5.69 Å². The summed E-state index contributed by atoms with van der Waals surface area (Å²) in [5.41, 5.74) is 3.77. The molecule has 0 aromatic carbocycles. The number of nitrogens with zero attached hydrogens (tertiary/aromatic N) is 3. The lowest BCUT2D eigenvalue weighted by atomic mass is 10.2. The van der Waals surface area contributed by atoms with E-state index in [1.807, 2.05) is 0 Å². The van der Waals surface area contributed by atoms with Crippen molar-refractivity contribution >= 4 is 5.91 Å². The van der Waals surface area contributed by atoms with Crippen LogP contribution in [-0.4, -0.2) is 20.7 Å². The second-order valence-electron chi connectivity index (χ2n) is 3.84. The Morgan fingerprint density at radius 3 is 2.58 bits per heavy atom. The minimum atomic E-state index is -4.74. The van der Waals surface area contributed by atoms with Gasteiger partial charge in [0, 0.05) is 12.4 Å². The molecular formula is C11H9F3N4O. The van der Waals surface area contributed by atoms with Gasteiger partial charge in [0.05, 0.1) is 17.4 Å². The van der Waals surface area contributed by atoms with Crippen LogP contribution in [0.15, 0.2) is 24.7 Å². The standard InChI is InChI=1S/C11H9F3N4O/c1-6-4-16-3-2-8(6)18-9(11(12,13)14)7(5-17-18)10(15)19/h2-5H,1H3,(H2,15,19). The second-order valence-corrected chi connectivity index (χ2v) is 3.84. The van der Waals surface area contributed by atoms with Gasteiger partial charge in [-0.3, -0.25) is 9.78 Å². The first-order valence-electron chi connectivity index (χ1n) is 5.18. The molecule has 0 saturated heterocycles. The molecule has 2 N–H and O–H groups in total. The summed E-state index contributed by atoms with van der Waals surface area (Å²) in [7, 11) is 0. The molecular weight excluding hydrogens is 261 g/mol. The summed E-state index contributed by atoms with van der Waals surface area (Å²) in [5.74, 6) is -1.18. The van der Waals surface area contributed by atoms with Crippen LogP contribution in [-0.2, 0) is 6.18 Å². The van der Waals surface area contributed by atoms with Gasteiger partial charge in [0.1, 0.15) is 0 Å². The maximum absolute atomic E-state index is 13.0. The molecule has 0 radical (unpaired) electrons. The van der Waals surface area contributed by atoms with Crippen LogP contribution >= 0.6 is 0 Å². The summed E-state index contributed by atoms with van der Waals surface area (Å²) < 4.78 is 39.8. The number of nitrogens with two attached hydrogens (primary N) is 1. The van der Waals surface area contributed by atoms with Gasteiger partial charge in [-0.05, 0) is 18.6 Å². The first kappa shape index (κ1) is 13.1. The van der Waals surface area contributed by atoms with Gasteiger partial charge in [0.25, 0.3) is 5.91 Å². The Balaban J connectivity index is 2.73. The van der Waals surface area contributed by atoms with E-state index in [4.69, 9.17) is 5.73 Å². The number of primary amides is 1. The largest absolute Gasteiger partial charge is 0.434 e. The molecule has 0 aliphatic heterocycles. The normalized spacial score (nSPS) is 11.6. The van der Waals surface area contributed by atoms with Crippen molar-refractivity contribution < 1.29 is 18.0 Å². The molecule has 0 aliphatic carbocycles. The Hall–Kier alpha value is -2.38. The van der Waals surface area contributed by atoms with Crippen molar-refractivity contribution in [2.24, 2.45) is 5.73 Å². The fourth-order valence-corrected chi connectivity index (χ4v) is 1.69. The topological polar surface area (TPSA) is 73.8 Å². The first-order chi connectivity index (χ1) is 8.82. The Kier molecular flexibility index (Phi) is 3.01. The Labute approximate surface area is 105 Å². The van der Waals surface area contributed by atoms with E-state index in [0.717, 1.165) is 6.20 Å². The van der Waals surface area contributed by atoms with E-state index in [1.165, 1.54) is 18.5 Å². The highest BCUT2D eigenvalue weighted by atomic mass is 19.4. The molecule has 0 spiro atoms. The lowest BCUT2D eigenvalue weighted by Crippen LogP contribution is -2.21. The predicted octanol–water partition coefficient (Wildman–Crippen LogP) is 1.69. The van der Waals surface area contributed by atoms with Gasteiger partial charge in [-0.1, -0.05) is 0 Å². The number of hydrogen-bond acceptors (Lipinski definition) is 3. The van der Waals surface area contributed by atoms with Crippen molar-refractivity contribution in [3.05, 3.63) is 41.5 Å². The summed E-state index contributed by atoms with van der Waals surface area (Å²) in [6.45, 7) is 1.59. The number of amides is 1. The maximum atomic E-state index is 13.0. The van der Waals surface area contributed by atoms with Crippen molar-refractivity contribution in [3.63, 3.8) is 0 Å². The number of aryl methyl sites for hydroxylation is 1. The minimum Gasteiger partial charge on any atom is -0.365 e. The Morgan fingerprint density at radius 2 is 2.05 bits per heavy atom. The monoisotopic (exact) mass is 270 g/mol. The van der Waals surface area contributed by atoms with Crippen LogP contribution in [0.3, 0.4) is 0 Å². The quantitative estimate of drug-likeness (QED) is 0.902. The number of hydrogen-bond donors (Lipinski definition) is 1. The third kappa shape index (κ3) is 2.28. The SMILES string of the molecule is Cc1cnccc1-n1ncc(C(N)=O)c1C(F)(F)F. The molecule has 19 heavy (non-hydrogen) atoms. The van der Waals surface area contributed by atoms with Crippen LogP contribution in [0, 0.1) is 6.92 Å². The molecule has 2 aromatic rings. The van der Waals surface area contributed by atoms with E-state index < -0.39 is 23.3 Å². The maximum Gasteiger partial charge on any atom is 0.434 e. The van der Waals surface area contributed by atoms with E-state index in [0.29, 0.717) is 10.2 Å². The van der Waals surface area contributed by atoms with E-state index in [9.17, 15) is 18.0 Å². The molecule has 2 heterocycles. The molecule has 0 atom stereocenters. The molecule has 0 unspecified atom stereocenters. The Bertz CT molecular complexity index is 633. The zero-order valence-corrected chi connectivity index (χ0v) is 9.77. The smallest absolute Gasteiger partial charge is 0.365 e. The number of carbonyl (C=O) groups excluding carboxylic acids is 1. The van der Waals surface area contributed by atoms with Crippen LogP contribution in [0.4, 0.5) is 13.2 Å². The second kappa shape index (κ2) is 4.38. The van der Waals surface area contributed by atoms with E-state index in [2.05, 4.69) is 10.1 Å². The summed E-state index contributed by atoms with van der Waals surface area (Å²) in [6, 6.07) is 1.38. The highest BCUT2D eigenvalue weighted by molar-refractivity contribution is 5.94. The van der Waals surface area contributed by atoms with E-state index >= 15 is 0 Å². The first-order valence-corrected chi connectivity index (χ1v) is 5.18. The lowest BCUT2D eigenvalue weighted by Gasteiger charge is -2.13. The van der Waals surface area contributed by atoms with E-state index in [1.54, 1.807) is 6.92 Å². The van der Waals surface area contributed by atoms with E-state index in [-0.39, 0.29) is 5.69 Å². The minimum absolute atomic E-state index is 0.190. The zero-order valence-electron chi connectivity index (χ0n) is 9.77. The Morgan fingerprint density at radius 1 is 1.37 bits per heavy atom. The lowest BCUT2D eigenvalue weighted by molar-refractivity contribution is -0.143. The molecule has 5 nitrogen and oxygen atoms in total. The molecule has 0 bridgehead atoms. The van der Waals surface area contributed by atoms with Crippen LogP contribution in [0.25, 0.3) is 5.69 Å². The fourth-order valence-electron chi connectivity index (χ4n) is 1.69. The molecule has 0 aliphatic rings. The summed E-state index contributed by atoms with van der Waals surface area (Å²) in [5, 5.41) is 3.60. The molecule has 100 valence electrons. The zero-order chi connectivity index (χ0) is 14.2. The average molecular weight is 270 g/mol. The average Bonchev–Trinajstić information content (AvgIpc) is 2.73. The molecule has 2 rings (SSSR count). The number of halogens is 3. The summed E-state index contributed by atoms with van der Waals surface area (Å²) in [4.78, 5) is 14.8. The third-order valence-corrected chi connectivity index (χ3v) is 2.52. The van der Waals surface area contributed by atoms with Gasteiger partial charge < -0.3 is 5.73 Å². The van der Waals surface area contributed by atoms with Crippen molar-refractivity contribution in [2.45, 2.75) is 13.1 Å². The van der Waals surface area contributed by atoms with Crippen LogP contribution in [0.1, 0.15) is 21.6 Å². The van der Waals surface area contributed by atoms with Crippen molar-refractivity contribution in [2.75, 3.05) is 0 Å². The molecule has 0 fully saturated rings. The van der Waals surface area contributed by atoms with Crippen molar-refractivity contribution in [1.82, 2.24) is 14.8 Å². The highest BCUT2D eigenvalue weighted by Crippen LogP contribution is 2.33. The summed E-state index contributed by atoms with van der Waals surface area (Å²) >= 11 is 0. The van der Waals surface area contributed by atoms with Gasteiger partial charge in [0.2, 0.25) is 0 Å². The van der Waals surface area contributed by atoms with Gasteiger partial charge in [-0.25, -0.2) is 4.68 Å². The van der Waals surface area contributed by atoms with Gasteiger partial charge in [-0.2, -0.15) is 18.3 Å². The highest BCUT2D eigenvalue weighted by Gasteiger charge is 2.40. The number of pyridine rings is 1. The van der Waals surface area contributed by atoms with Gasteiger partial charge >= 0.3 is 6.18 Å². The van der Waals surface area contributed by atoms with Crippen LogP contribution < -0.4 is 5.73 Å².